The van der Waals surface area contributed by atoms with Gasteiger partial charge in [0.25, 0.3) is 5.91 Å². The lowest BCUT2D eigenvalue weighted by molar-refractivity contribution is -0.125. The smallest absolute Gasteiger partial charge is 0.269 e. The fourth-order valence-corrected chi connectivity index (χ4v) is 3.47. The normalized spacial score (nSPS) is 15.8. The van der Waals surface area contributed by atoms with Gasteiger partial charge in [-0.2, -0.15) is 5.26 Å². The van der Waals surface area contributed by atoms with Crippen molar-refractivity contribution in [1.82, 2.24) is 0 Å². The Hall–Kier alpha value is -3.49. The first kappa shape index (κ1) is 18.9. The van der Waals surface area contributed by atoms with Crippen LogP contribution in [0.2, 0.25) is 5.02 Å². The molecule has 0 aliphatic carbocycles. The molecule has 1 aliphatic heterocycles. The lowest BCUT2D eigenvalue weighted by Crippen LogP contribution is -2.40. The number of benzene rings is 3. The second kappa shape index (κ2) is 8.26. The fraction of sp³-hybridized carbons (Fsp3) is 0.130. The van der Waals surface area contributed by atoms with E-state index in [1.807, 2.05) is 42.5 Å². The third kappa shape index (κ3) is 4.03. The van der Waals surface area contributed by atoms with Gasteiger partial charge in [-0.1, -0.05) is 60.1 Å². The molecule has 4 rings (SSSR count). The Labute approximate surface area is 173 Å². The van der Waals surface area contributed by atoms with Gasteiger partial charge < -0.3 is 14.8 Å². The van der Waals surface area contributed by atoms with Crippen LogP contribution in [0.25, 0.3) is 0 Å². The number of nitrogens with zero attached hydrogens (tertiary/aromatic N) is 1. The van der Waals surface area contributed by atoms with Crippen LogP contribution in [0.5, 0.6) is 11.5 Å². The van der Waals surface area contributed by atoms with Gasteiger partial charge in [-0.3, -0.25) is 4.79 Å². The van der Waals surface area contributed by atoms with E-state index in [9.17, 15) is 10.1 Å². The van der Waals surface area contributed by atoms with Gasteiger partial charge in [0.1, 0.15) is 6.61 Å². The lowest BCUT2D eigenvalue weighted by atomic mass is 9.92. The quantitative estimate of drug-likeness (QED) is 0.679. The van der Waals surface area contributed by atoms with Gasteiger partial charge in [0, 0.05) is 10.7 Å². The summed E-state index contributed by atoms with van der Waals surface area (Å²) in [5.74, 6) is 0.336. The van der Waals surface area contributed by atoms with Gasteiger partial charge in [-0.15, -0.1) is 0 Å². The molecule has 3 aromatic carbocycles. The molecular weight excluding hydrogens is 388 g/mol. The minimum absolute atomic E-state index is 0.124. The summed E-state index contributed by atoms with van der Waals surface area (Å²) >= 11 is 6.43. The van der Waals surface area contributed by atoms with E-state index >= 15 is 0 Å². The first-order valence-electron chi connectivity index (χ1n) is 9.09. The molecule has 6 heteroatoms. The van der Waals surface area contributed by atoms with Crippen molar-refractivity contribution in [2.75, 3.05) is 11.9 Å². The van der Waals surface area contributed by atoms with Crippen molar-refractivity contribution >= 4 is 23.2 Å². The molecule has 2 unspecified atom stereocenters. The Balaban J connectivity index is 1.49. The van der Waals surface area contributed by atoms with Crippen LogP contribution in [0, 0.1) is 11.3 Å². The number of amides is 1. The van der Waals surface area contributed by atoms with E-state index in [2.05, 4.69) is 11.4 Å². The number of carbonyl (C=O) groups is 1. The number of para-hydroxylation sites is 2. The Morgan fingerprint density at radius 1 is 1.07 bits per heavy atom. The van der Waals surface area contributed by atoms with Gasteiger partial charge in [0.05, 0.1) is 12.0 Å². The maximum absolute atomic E-state index is 12.6. The van der Waals surface area contributed by atoms with E-state index in [1.54, 1.807) is 30.3 Å². The number of rotatable bonds is 4. The number of nitriles is 1. The number of nitrogens with one attached hydrogen (secondary N) is 1. The molecule has 3 aromatic rings. The van der Waals surface area contributed by atoms with Crippen LogP contribution < -0.4 is 14.8 Å². The maximum atomic E-state index is 12.6. The number of hydrogen-bond donors (Lipinski definition) is 1. The van der Waals surface area contributed by atoms with Crippen molar-refractivity contribution in [3.63, 3.8) is 0 Å². The Morgan fingerprint density at radius 2 is 1.79 bits per heavy atom. The molecular formula is C23H17ClN2O3. The molecule has 0 saturated carbocycles. The van der Waals surface area contributed by atoms with Crippen LogP contribution in [0.3, 0.4) is 0 Å². The SMILES string of the molecule is N#CC(c1ccccc1)c1ccc(NC(=O)C2COc3ccccc3O2)cc1Cl. The highest BCUT2D eigenvalue weighted by Crippen LogP contribution is 2.33. The molecule has 0 saturated heterocycles. The number of anilines is 1. The first-order chi connectivity index (χ1) is 14.2. The molecule has 0 bridgehead atoms. The van der Waals surface area contributed by atoms with E-state index in [0.29, 0.717) is 27.8 Å². The average molecular weight is 405 g/mol. The highest BCUT2D eigenvalue weighted by molar-refractivity contribution is 6.31. The zero-order valence-corrected chi connectivity index (χ0v) is 16.1. The summed E-state index contributed by atoms with van der Waals surface area (Å²) < 4.78 is 11.3. The summed E-state index contributed by atoms with van der Waals surface area (Å²) in [4.78, 5) is 12.6. The summed E-state index contributed by atoms with van der Waals surface area (Å²) in [6.45, 7) is 0.124. The number of halogens is 1. The standard InChI is InChI=1S/C23H17ClN2O3/c24-19-12-16(10-11-17(19)18(13-25)15-6-2-1-3-7-15)26-23(27)22-14-28-20-8-4-5-9-21(20)29-22/h1-12,18,22H,14H2,(H,26,27). The predicted molar refractivity (Wildman–Crippen MR) is 110 cm³/mol. The van der Waals surface area contributed by atoms with Gasteiger partial charge in [-0.05, 0) is 35.4 Å². The van der Waals surface area contributed by atoms with Crippen molar-refractivity contribution in [2.45, 2.75) is 12.0 Å². The highest BCUT2D eigenvalue weighted by atomic mass is 35.5. The largest absolute Gasteiger partial charge is 0.485 e. The van der Waals surface area contributed by atoms with E-state index < -0.39 is 12.0 Å². The summed E-state index contributed by atoms with van der Waals surface area (Å²) in [5, 5.41) is 12.8. The Bertz CT molecular complexity index is 1080. The molecule has 1 amide bonds. The fourth-order valence-electron chi connectivity index (χ4n) is 3.18. The van der Waals surface area contributed by atoms with E-state index in [-0.39, 0.29) is 12.5 Å². The maximum Gasteiger partial charge on any atom is 0.269 e. The summed E-state index contributed by atoms with van der Waals surface area (Å²) in [6, 6.07) is 24.1. The molecule has 0 radical (unpaired) electrons. The van der Waals surface area contributed by atoms with Crippen LogP contribution >= 0.6 is 11.6 Å². The van der Waals surface area contributed by atoms with Gasteiger partial charge in [0.15, 0.2) is 11.5 Å². The topological polar surface area (TPSA) is 71.4 Å². The van der Waals surface area contributed by atoms with Crippen molar-refractivity contribution in [1.29, 1.82) is 5.26 Å². The number of hydrogen-bond acceptors (Lipinski definition) is 4. The molecule has 1 heterocycles. The average Bonchev–Trinajstić information content (AvgIpc) is 2.76. The molecule has 5 nitrogen and oxygen atoms in total. The van der Waals surface area contributed by atoms with Crippen LogP contribution in [-0.2, 0) is 4.79 Å². The van der Waals surface area contributed by atoms with Crippen molar-refractivity contribution in [3.8, 4) is 17.6 Å². The molecule has 144 valence electrons. The third-order valence-electron chi connectivity index (χ3n) is 4.64. The second-order valence-electron chi connectivity index (χ2n) is 6.56. The van der Waals surface area contributed by atoms with E-state index in [0.717, 1.165) is 5.56 Å². The van der Waals surface area contributed by atoms with Crippen LogP contribution in [-0.4, -0.2) is 18.6 Å². The minimum atomic E-state index is -0.764. The minimum Gasteiger partial charge on any atom is -0.485 e. The zero-order valence-electron chi connectivity index (χ0n) is 15.3. The third-order valence-corrected chi connectivity index (χ3v) is 4.97. The van der Waals surface area contributed by atoms with Crippen LogP contribution in [0.15, 0.2) is 72.8 Å². The Morgan fingerprint density at radius 3 is 2.52 bits per heavy atom. The second-order valence-corrected chi connectivity index (χ2v) is 6.97. The monoisotopic (exact) mass is 404 g/mol. The van der Waals surface area contributed by atoms with Crippen molar-refractivity contribution in [2.24, 2.45) is 0 Å². The molecule has 0 fully saturated rings. The summed E-state index contributed by atoms with van der Waals surface area (Å²) in [5.41, 5.74) is 2.07. The van der Waals surface area contributed by atoms with Crippen LogP contribution in [0.1, 0.15) is 17.0 Å². The van der Waals surface area contributed by atoms with Gasteiger partial charge in [0.2, 0.25) is 6.10 Å². The van der Waals surface area contributed by atoms with E-state index in [1.165, 1.54) is 0 Å². The number of fused-ring (bicyclic) bond motifs is 1. The van der Waals surface area contributed by atoms with Crippen molar-refractivity contribution < 1.29 is 14.3 Å². The molecule has 1 N–H and O–H groups in total. The predicted octanol–water partition coefficient (Wildman–Crippen LogP) is 4.77. The van der Waals surface area contributed by atoms with E-state index in [4.69, 9.17) is 21.1 Å². The zero-order chi connectivity index (χ0) is 20.2. The molecule has 29 heavy (non-hydrogen) atoms. The molecule has 0 spiro atoms. The highest BCUT2D eigenvalue weighted by Gasteiger charge is 2.27. The molecule has 2 atom stereocenters. The Kier molecular flexibility index (Phi) is 5.37. The lowest BCUT2D eigenvalue weighted by Gasteiger charge is -2.25. The van der Waals surface area contributed by atoms with Crippen molar-refractivity contribution in [3.05, 3.63) is 88.9 Å². The van der Waals surface area contributed by atoms with Gasteiger partial charge >= 0.3 is 0 Å². The number of ether oxygens (including phenoxy) is 2. The summed E-state index contributed by atoms with van der Waals surface area (Å²) in [6.07, 6.45) is -0.764. The van der Waals surface area contributed by atoms with Crippen LogP contribution in [0.4, 0.5) is 5.69 Å². The first-order valence-corrected chi connectivity index (χ1v) is 9.47. The summed E-state index contributed by atoms with van der Waals surface area (Å²) in [7, 11) is 0. The molecule has 0 aromatic heterocycles. The molecule has 1 aliphatic rings. The van der Waals surface area contributed by atoms with Gasteiger partial charge in [-0.25, -0.2) is 0 Å². The number of carbonyl (C=O) groups excluding carboxylic acids is 1.